The number of aromatic nitrogens is 2. The number of nitrogens with zero attached hydrogens (tertiary/aromatic N) is 2. The summed E-state index contributed by atoms with van der Waals surface area (Å²) >= 11 is 0. The molecule has 0 fully saturated rings. The van der Waals surface area contributed by atoms with Gasteiger partial charge in [-0.15, -0.1) is 0 Å². The Morgan fingerprint density at radius 3 is 1.43 bits per heavy atom. The molecule has 0 unspecified atom stereocenters. The topological polar surface area (TPSA) is 45.3 Å². The number of hydrogen-bond acceptors (Lipinski definition) is 1. The first-order valence-corrected chi connectivity index (χ1v) is 4.24. The van der Waals surface area contributed by atoms with E-state index >= 15 is 0 Å². The summed E-state index contributed by atoms with van der Waals surface area (Å²) in [7, 11) is 0. The van der Waals surface area contributed by atoms with Crippen LogP contribution in [0.5, 0.6) is 0 Å². The number of imidazole rings is 1. The van der Waals surface area contributed by atoms with E-state index in [0.29, 0.717) is 0 Å². The summed E-state index contributed by atoms with van der Waals surface area (Å²) < 4.78 is 0. The van der Waals surface area contributed by atoms with Crippen LogP contribution in [0.25, 0.3) is 0 Å². The quantitative estimate of drug-likeness (QED) is 0.825. The van der Waals surface area contributed by atoms with Gasteiger partial charge in [-0.05, 0) is 17.5 Å². The fourth-order valence-electron chi connectivity index (χ4n) is 1.20. The zero-order chi connectivity index (χ0) is 9.30. The van der Waals surface area contributed by atoms with Gasteiger partial charge in [-0.2, -0.15) is 11.4 Å². The maximum absolute atomic E-state index is 10.9. The Bertz CT molecular complexity index is 288. The van der Waals surface area contributed by atoms with Crippen molar-refractivity contribution in [2.45, 2.75) is 39.5 Å². The predicted molar refractivity (Wildman–Crippen MR) is 47.5 cm³/mol. The number of rotatable bonds is 2. The van der Waals surface area contributed by atoms with Crippen LogP contribution in [0.15, 0.2) is 4.79 Å². The van der Waals surface area contributed by atoms with Crippen LogP contribution >= 0.6 is 0 Å². The minimum absolute atomic E-state index is 0. The largest absolute Gasteiger partial charge is 0.647 e. The molecule has 0 N–H and O–H groups in total. The molecule has 76 valence electrons. The van der Waals surface area contributed by atoms with E-state index in [0.717, 1.165) is 11.4 Å². The maximum atomic E-state index is 10.9. The standard InChI is InChI=1S/C9H15N2O.V.Y/c1-5(2)7-8(6(3)4)11-9(12)10-7;;/h5-6H,1-4H3,(H-,10,11,12);;/q-1;;/p-1. The molecule has 1 aromatic heterocycles. The van der Waals surface area contributed by atoms with Gasteiger partial charge in [0.25, 0.3) is 0 Å². The molecule has 0 aliphatic rings. The van der Waals surface area contributed by atoms with E-state index < -0.39 is 0 Å². The Morgan fingerprint density at radius 2 is 1.21 bits per heavy atom. The minimum atomic E-state index is -0.345. The van der Waals surface area contributed by atoms with Crippen molar-refractivity contribution in [3.8, 4) is 0 Å². The van der Waals surface area contributed by atoms with E-state index in [9.17, 15) is 4.79 Å². The first kappa shape index (κ1) is 17.1. The second-order valence-corrected chi connectivity index (χ2v) is 3.59. The molecule has 5 heteroatoms. The van der Waals surface area contributed by atoms with Gasteiger partial charge in [0.1, 0.15) is 0 Å². The van der Waals surface area contributed by atoms with Gasteiger partial charge < -0.3 is 14.8 Å². The van der Waals surface area contributed by atoms with Crippen LogP contribution in [0, 0.1) is 0 Å². The Hall–Kier alpha value is 0.698. The Kier molecular flexibility index (Phi) is 8.62. The fourth-order valence-corrected chi connectivity index (χ4v) is 1.20. The molecule has 0 saturated carbocycles. The average Bonchev–Trinajstić information content (AvgIpc) is 2.31. The molecule has 2 radical (unpaired) electrons. The summed E-state index contributed by atoms with van der Waals surface area (Å²) in [5, 5.41) is 0. The molecule has 0 aromatic carbocycles. The smallest absolute Gasteiger partial charge is 0 e. The molecule has 1 rings (SSSR count). The van der Waals surface area contributed by atoms with Gasteiger partial charge in [0.05, 0.1) is 0 Å². The van der Waals surface area contributed by atoms with E-state index in [1.165, 1.54) is 0 Å². The summed E-state index contributed by atoms with van der Waals surface area (Å²) in [6, 6.07) is 0. The zero-order valence-corrected chi connectivity index (χ0v) is 13.2. The normalized spacial score (nSPS) is 9.86. The molecule has 1 heterocycles. The molecule has 0 atom stereocenters. The molecule has 1 aromatic rings. The number of hydrogen-bond donors (Lipinski definition) is 0. The molecule has 0 spiro atoms. The van der Waals surface area contributed by atoms with Gasteiger partial charge >= 0.3 is 0 Å². The summed E-state index contributed by atoms with van der Waals surface area (Å²) in [4.78, 5) is 18.6. The zero-order valence-electron chi connectivity index (χ0n) is 8.98. The van der Waals surface area contributed by atoms with Gasteiger partial charge in [0.15, 0.2) is 0 Å². The summed E-state index contributed by atoms with van der Waals surface area (Å²) in [6.07, 6.45) is 0. The van der Waals surface area contributed by atoms with Gasteiger partial charge in [-0.1, -0.05) is 27.7 Å². The molecular formula is C9H14N2OVY-2. The Labute approximate surface area is 122 Å². The van der Waals surface area contributed by atoms with Gasteiger partial charge in [0.2, 0.25) is 0 Å². The minimum Gasteiger partial charge on any atom is -0.647 e. The molecular weight excluding hydrogens is 292 g/mol. The van der Waals surface area contributed by atoms with Crippen LogP contribution < -0.4 is 15.7 Å². The van der Waals surface area contributed by atoms with Gasteiger partial charge in [0, 0.05) is 51.3 Å². The summed E-state index contributed by atoms with van der Waals surface area (Å²) in [5.41, 5.74) is 1.37. The predicted octanol–water partition coefficient (Wildman–Crippen LogP) is 1.20. The van der Waals surface area contributed by atoms with E-state index in [4.69, 9.17) is 0 Å². The van der Waals surface area contributed by atoms with Crippen molar-refractivity contribution in [2.24, 2.45) is 0 Å². The monoisotopic (exact) mass is 306 g/mol. The molecule has 0 aliphatic heterocycles. The van der Waals surface area contributed by atoms with Crippen LogP contribution in [0.4, 0.5) is 0 Å². The third-order valence-corrected chi connectivity index (χ3v) is 1.79. The van der Waals surface area contributed by atoms with Crippen molar-refractivity contribution < 1.29 is 51.3 Å². The molecule has 0 amide bonds. The van der Waals surface area contributed by atoms with E-state index in [2.05, 4.69) is 9.97 Å². The van der Waals surface area contributed by atoms with E-state index in [1.807, 2.05) is 27.7 Å². The SMILES string of the molecule is CC(C)c1[n-]c(=O)[n-]c1C(C)C.[V].[Y]. The van der Waals surface area contributed by atoms with Gasteiger partial charge in [-0.3, -0.25) is 0 Å². The van der Waals surface area contributed by atoms with Crippen molar-refractivity contribution >= 4 is 0 Å². The molecule has 0 aliphatic carbocycles. The Morgan fingerprint density at radius 1 is 0.929 bits per heavy atom. The van der Waals surface area contributed by atoms with E-state index in [1.54, 1.807) is 0 Å². The summed E-state index contributed by atoms with van der Waals surface area (Å²) in [6.45, 7) is 8.09. The van der Waals surface area contributed by atoms with Crippen LogP contribution in [-0.4, -0.2) is 0 Å². The summed E-state index contributed by atoms with van der Waals surface area (Å²) in [5.74, 6) is 0.579. The molecule has 0 bridgehead atoms. The average molecular weight is 306 g/mol. The van der Waals surface area contributed by atoms with Crippen LogP contribution in [0.1, 0.15) is 50.9 Å². The van der Waals surface area contributed by atoms with Crippen molar-refractivity contribution in [1.82, 2.24) is 9.97 Å². The van der Waals surface area contributed by atoms with E-state index in [-0.39, 0.29) is 68.8 Å². The van der Waals surface area contributed by atoms with Crippen LogP contribution in [-0.2, 0) is 51.3 Å². The van der Waals surface area contributed by atoms with Crippen molar-refractivity contribution in [2.75, 3.05) is 0 Å². The van der Waals surface area contributed by atoms with Gasteiger partial charge in [-0.25, -0.2) is 0 Å². The second kappa shape index (κ2) is 7.05. The third kappa shape index (κ3) is 4.06. The van der Waals surface area contributed by atoms with Crippen LogP contribution in [0.3, 0.4) is 0 Å². The molecule has 3 nitrogen and oxygen atoms in total. The molecule has 0 saturated heterocycles. The van der Waals surface area contributed by atoms with Crippen molar-refractivity contribution in [3.05, 3.63) is 21.9 Å². The van der Waals surface area contributed by atoms with Crippen molar-refractivity contribution in [3.63, 3.8) is 0 Å². The second-order valence-electron chi connectivity index (χ2n) is 3.59. The Balaban J connectivity index is 0. The first-order chi connectivity index (χ1) is 5.52. The molecule has 14 heavy (non-hydrogen) atoms. The van der Waals surface area contributed by atoms with Crippen LogP contribution in [0.2, 0.25) is 0 Å². The maximum Gasteiger partial charge on any atom is 0 e. The van der Waals surface area contributed by atoms with Crippen molar-refractivity contribution in [1.29, 1.82) is 0 Å². The first-order valence-electron chi connectivity index (χ1n) is 4.24. The fraction of sp³-hybridized carbons (Fsp3) is 0.667. The third-order valence-electron chi connectivity index (χ3n) is 1.79.